The summed E-state index contributed by atoms with van der Waals surface area (Å²) in [6.45, 7) is 0. The number of benzene rings is 4. The quantitative estimate of drug-likeness (QED) is 0.363. The SMILES string of the molecule is Oc1ccc2ccccc2c1-c1c(O)c(Cl)c(Cl)c2ccccc12.[Ti]. The number of rotatable bonds is 1. The second-order valence-electron chi connectivity index (χ2n) is 5.58. The van der Waals surface area contributed by atoms with E-state index in [-0.39, 0.29) is 38.2 Å². The first-order valence-corrected chi connectivity index (χ1v) is 8.15. The van der Waals surface area contributed by atoms with Crippen molar-refractivity contribution in [3.05, 3.63) is 70.7 Å². The van der Waals surface area contributed by atoms with Crippen LogP contribution >= 0.6 is 23.2 Å². The molecule has 0 aromatic heterocycles. The van der Waals surface area contributed by atoms with Crippen molar-refractivity contribution in [2.45, 2.75) is 0 Å². The van der Waals surface area contributed by atoms with Gasteiger partial charge in [0.25, 0.3) is 0 Å². The van der Waals surface area contributed by atoms with Crippen LogP contribution in [0, 0.1) is 0 Å². The fourth-order valence-electron chi connectivity index (χ4n) is 3.13. The van der Waals surface area contributed by atoms with Crippen LogP contribution in [0.25, 0.3) is 32.7 Å². The van der Waals surface area contributed by atoms with Crippen LogP contribution in [-0.4, -0.2) is 10.2 Å². The zero-order valence-corrected chi connectivity index (χ0v) is 16.0. The molecule has 0 spiro atoms. The Labute approximate surface area is 169 Å². The summed E-state index contributed by atoms with van der Waals surface area (Å²) in [4.78, 5) is 0. The van der Waals surface area contributed by atoms with Gasteiger partial charge in [-0.3, -0.25) is 0 Å². The first-order valence-electron chi connectivity index (χ1n) is 7.39. The molecule has 0 aliphatic carbocycles. The van der Waals surface area contributed by atoms with Crippen molar-refractivity contribution in [2.75, 3.05) is 0 Å². The molecule has 0 fully saturated rings. The molecule has 4 rings (SSSR count). The average molecular weight is 403 g/mol. The van der Waals surface area contributed by atoms with Gasteiger partial charge in [0.15, 0.2) is 0 Å². The molecule has 0 bridgehead atoms. The molecule has 4 aromatic rings. The van der Waals surface area contributed by atoms with Crippen LogP contribution in [-0.2, 0) is 21.7 Å². The summed E-state index contributed by atoms with van der Waals surface area (Å²) in [5, 5.41) is 24.8. The molecule has 0 unspecified atom stereocenters. The van der Waals surface area contributed by atoms with E-state index >= 15 is 0 Å². The van der Waals surface area contributed by atoms with Gasteiger partial charge in [0.05, 0.1) is 5.02 Å². The average Bonchev–Trinajstić information content (AvgIpc) is 2.62. The van der Waals surface area contributed by atoms with Crippen LogP contribution in [0.5, 0.6) is 11.5 Å². The van der Waals surface area contributed by atoms with E-state index in [0.717, 1.165) is 21.5 Å². The van der Waals surface area contributed by atoms with Crippen molar-refractivity contribution >= 4 is 44.7 Å². The molecule has 0 aliphatic rings. The second kappa shape index (κ2) is 6.89. The number of halogens is 2. The summed E-state index contributed by atoms with van der Waals surface area (Å²) in [7, 11) is 0. The predicted molar refractivity (Wildman–Crippen MR) is 100 cm³/mol. The van der Waals surface area contributed by atoms with Crippen LogP contribution in [0.4, 0.5) is 0 Å². The third-order valence-corrected chi connectivity index (χ3v) is 5.08. The number of hydrogen-bond acceptors (Lipinski definition) is 2. The largest absolute Gasteiger partial charge is 0.507 e. The summed E-state index contributed by atoms with van der Waals surface area (Å²) >= 11 is 12.5. The third-order valence-electron chi connectivity index (χ3n) is 4.23. The fraction of sp³-hybridized carbons (Fsp3) is 0. The van der Waals surface area contributed by atoms with E-state index in [1.165, 1.54) is 0 Å². The monoisotopic (exact) mass is 402 g/mol. The van der Waals surface area contributed by atoms with E-state index in [1.807, 2.05) is 54.6 Å². The molecule has 0 atom stereocenters. The van der Waals surface area contributed by atoms with Gasteiger partial charge in [-0.2, -0.15) is 0 Å². The topological polar surface area (TPSA) is 40.5 Å². The first-order chi connectivity index (χ1) is 11.6. The van der Waals surface area contributed by atoms with Gasteiger partial charge >= 0.3 is 0 Å². The van der Waals surface area contributed by atoms with Crippen molar-refractivity contribution in [3.8, 4) is 22.6 Å². The Kier molecular flexibility index (Phi) is 4.99. The summed E-state index contributed by atoms with van der Waals surface area (Å²) in [6.07, 6.45) is 0. The summed E-state index contributed by atoms with van der Waals surface area (Å²) in [5.74, 6) is -0.0560. The predicted octanol–water partition coefficient (Wildman–Crippen LogP) is 6.38. The standard InChI is InChI=1S/C20H12Cl2O2.Ti/c21-18-14-8-4-3-7-13(14)17(20(24)19(18)22)16-12-6-2-1-5-11(12)9-10-15(16)23;/h1-10,23-24H;. The Bertz CT molecular complexity index is 1110. The van der Waals surface area contributed by atoms with E-state index in [1.54, 1.807) is 6.07 Å². The van der Waals surface area contributed by atoms with Gasteiger partial charge in [-0.25, -0.2) is 0 Å². The smallest absolute Gasteiger partial charge is 0.144 e. The zero-order valence-electron chi connectivity index (χ0n) is 12.9. The van der Waals surface area contributed by atoms with Crippen LogP contribution in [0.2, 0.25) is 10.0 Å². The van der Waals surface area contributed by atoms with Crippen LogP contribution < -0.4 is 0 Å². The molecule has 2 N–H and O–H groups in total. The van der Waals surface area contributed by atoms with Crippen LogP contribution in [0.15, 0.2) is 60.7 Å². The molecular weight excluding hydrogens is 391 g/mol. The molecule has 0 aliphatic heterocycles. The molecule has 5 heteroatoms. The molecule has 2 nitrogen and oxygen atoms in total. The minimum atomic E-state index is -0.132. The van der Waals surface area contributed by atoms with E-state index in [0.29, 0.717) is 16.1 Å². The minimum Gasteiger partial charge on any atom is -0.507 e. The minimum absolute atomic E-state index is 0. The fourth-order valence-corrected chi connectivity index (χ4v) is 3.58. The maximum absolute atomic E-state index is 10.7. The summed E-state index contributed by atoms with van der Waals surface area (Å²) in [5.41, 5.74) is 1.02. The summed E-state index contributed by atoms with van der Waals surface area (Å²) in [6, 6.07) is 18.5. The molecule has 0 saturated carbocycles. The Morgan fingerprint density at radius 3 is 1.92 bits per heavy atom. The molecule has 0 heterocycles. The number of fused-ring (bicyclic) bond motifs is 2. The number of hydrogen-bond donors (Lipinski definition) is 2. The number of aromatic hydroxyl groups is 2. The van der Waals surface area contributed by atoms with Gasteiger partial charge in [0.1, 0.15) is 16.5 Å². The molecule has 0 saturated heterocycles. The zero-order chi connectivity index (χ0) is 16.8. The van der Waals surface area contributed by atoms with Crippen LogP contribution in [0.3, 0.4) is 0 Å². The van der Waals surface area contributed by atoms with E-state index in [9.17, 15) is 10.2 Å². The normalized spacial score (nSPS) is 10.8. The Morgan fingerprint density at radius 2 is 1.20 bits per heavy atom. The van der Waals surface area contributed by atoms with Crippen molar-refractivity contribution < 1.29 is 31.9 Å². The summed E-state index contributed by atoms with van der Waals surface area (Å²) < 4.78 is 0. The van der Waals surface area contributed by atoms with Gasteiger partial charge in [0.2, 0.25) is 0 Å². The van der Waals surface area contributed by atoms with Crippen molar-refractivity contribution in [1.82, 2.24) is 0 Å². The Morgan fingerprint density at radius 1 is 0.600 bits per heavy atom. The van der Waals surface area contributed by atoms with Crippen molar-refractivity contribution in [1.29, 1.82) is 0 Å². The van der Waals surface area contributed by atoms with Crippen LogP contribution in [0.1, 0.15) is 0 Å². The second-order valence-corrected chi connectivity index (χ2v) is 6.33. The molecule has 122 valence electrons. The molecule has 25 heavy (non-hydrogen) atoms. The number of phenols is 2. The molecule has 0 amide bonds. The third kappa shape index (κ3) is 2.80. The van der Waals surface area contributed by atoms with Gasteiger partial charge in [-0.05, 0) is 22.2 Å². The van der Waals surface area contributed by atoms with Gasteiger partial charge in [-0.15, -0.1) is 0 Å². The molecular formula is C20H12Cl2O2Ti. The van der Waals surface area contributed by atoms with E-state index in [4.69, 9.17) is 23.2 Å². The van der Waals surface area contributed by atoms with Crippen molar-refractivity contribution in [2.24, 2.45) is 0 Å². The first kappa shape index (κ1) is 18.1. The molecule has 4 aromatic carbocycles. The van der Waals surface area contributed by atoms with E-state index in [2.05, 4.69) is 0 Å². The maximum atomic E-state index is 10.7. The maximum Gasteiger partial charge on any atom is 0.144 e. The Balaban J connectivity index is 0.00000182. The van der Waals surface area contributed by atoms with Gasteiger partial charge < -0.3 is 10.2 Å². The molecule has 0 radical (unpaired) electrons. The van der Waals surface area contributed by atoms with Gasteiger partial charge in [0, 0.05) is 38.2 Å². The van der Waals surface area contributed by atoms with E-state index < -0.39 is 0 Å². The van der Waals surface area contributed by atoms with Crippen molar-refractivity contribution in [3.63, 3.8) is 0 Å². The van der Waals surface area contributed by atoms with Gasteiger partial charge in [-0.1, -0.05) is 77.8 Å². The Hall–Kier alpha value is -1.71. The number of phenolic OH excluding ortho intramolecular Hbond substituents is 2.